The van der Waals surface area contributed by atoms with Crippen molar-refractivity contribution >= 4 is 29.1 Å². The Balaban J connectivity index is 1.83. The molecule has 1 aliphatic heterocycles. The Morgan fingerprint density at radius 1 is 1.10 bits per heavy atom. The number of rotatable bonds is 3. The van der Waals surface area contributed by atoms with Crippen molar-refractivity contribution in [3.63, 3.8) is 0 Å². The van der Waals surface area contributed by atoms with Crippen LogP contribution in [0.15, 0.2) is 30.3 Å². The normalized spacial score (nSPS) is 14.6. The number of hydrogen-bond donors (Lipinski definition) is 1. The Bertz CT molecular complexity index is 591. The van der Waals surface area contributed by atoms with Crippen LogP contribution >= 0.6 is 11.6 Å². The minimum atomic E-state index is 0.729. The van der Waals surface area contributed by atoms with Crippen molar-refractivity contribution in [1.29, 1.82) is 0 Å². The number of nitrogens with one attached hydrogen (secondary N) is 1. The van der Waals surface area contributed by atoms with E-state index >= 15 is 0 Å². The topological polar surface area (TPSA) is 41.1 Å². The van der Waals surface area contributed by atoms with Gasteiger partial charge in [-0.25, -0.2) is 4.98 Å². The maximum absolute atomic E-state index is 5.89. The molecule has 0 unspecified atom stereocenters. The van der Waals surface area contributed by atoms with Gasteiger partial charge in [-0.05, 0) is 44.0 Å². The molecule has 1 aliphatic rings. The quantitative estimate of drug-likeness (QED) is 0.933. The minimum Gasteiger partial charge on any atom is -0.341 e. The molecule has 2 aromatic rings. The molecule has 0 atom stereocenters. The fourth-order valence-electron chi connectivity index (χ4n) is 2.36. The van der Waals surface area contributed by atoms with E-state index in [1.807, 2.05) is 37.3 Å². The number of aryl methyl sites for hydroxylation is 1. The van der Waals surface area contributed by atoms with E-state index in [-0.39, 0.29) is 0 Å². The fourth-order valence-corrected chi connectivity index (χ4v) is 2.48. The molecule has 5 heteroatoms. The molecule has 0 spiro atoms. The first-order valence-electron chi connectivity index (χ1n) is 6.84. The third-order valence-corrected chi connectivity index (χ3v) is 3.60. The number of benzene rings is 1. The number of nitrogens with zero attached hydrogens (tertiary/aromatic N) is 3. The summed E-state index contributed by atoms with van der Waals surface area (Å²) in [7, 11) is 0. The molecule has 20 heavy (non-hydrogen) atoms. The minimum absolute atomic E-state index is 0.729. The van der Waals surface area contributed by atoms with Crippen LogP contribution < -0.4 is 10.2 Å². The number of aromatic nitrogens is 2. The maximum atomic E-state index is 5.89. The second-order valence-electron chi connectivity index (χ2n) is 5.02. The van der Waals surface area contributed by atoms with Crippen molar-refractivity contribution < 1.29 is 0 Å². The summed E-state index contributed by atoms with van der Waals surface area (Å²) in [5.74, 6) is 1.64. The molecule has 104 valence electrons. The standard InChI is InChI=1S/C15H17ClN4/c1-11-10-14(18-13-6-4-12(16)5-7-13)19-15(17-11)20-8-2-3-9-20/h4-7,10H,2-3,8-9H2,1H3,(H,17,18,19). The number of anilines is 3. The highest BCUT2D eigenvalue weighted by molar-refractivity contribution is 6.30. The Hall–Kier alpha value is -1.81. The fraction of sp³-hybridized carbons (Fsp3) is 0.333. The van der Waals surface area contributed by atoms with E-state index in [0.29, 0.717) is 0 Å². The monoisotopic (exact) mass is 288 g/mol. The third-order valence-electron chi connectivity index (χ3n) is 3.35. The lowest BCUT2D eigenvalue weighted by Crippen LogP contribution is -2.21. The molecule has 0 bridgehead atoms. The molecule has 0 radical (unpaired) electrons. The lowest BCUT2D eigenvalue weighted by atomic mass is 10.3. The zero-order chi connectivity index (χ0) is 13.9. The highest BCUT2D eigenvalue weighted by atomic mass is 35.5. The molecule has 4 nitrogen and oxygen atoms in total. The summed E-state index contributed by atoms with van der Waals surface area (Å²) in [4.78, 5) is 11.4. The van der Waals surface area contributed by atoms with Crippen molar-refractivity contribution in [3.8, 4) is 0 Å². The first-order valence-corrected chi connectivity index (χ1v) is 7.22. The van der Waals surface area contributed by atoms with Gasteiger partial charge in [0.15, 0.2) is 0 Å². The van der Waals surface area contributed by atoms with Gasteiger partial charge in [-0.1, -0.05) is 11.6 Å². The van der Waals surface area contributed by atoms with Crippen LogP contribution in [0.3, 0.4) is 0 Å². The summed E-state index contributed by atoms with van der Waals surface area (Å²) in [6, 6.07) is 9.55. The summed E-state index contributed by atoms with van der Waals surface area (Å²) >= 11 is 5.89. The summed E-state index contributed by atoms with van der Waals surface area (Å²) in [6.07, 6.45) is 2.44. The first-order chi connectivity index (χ1) is 9.70. The average molecular weight is 289 g/mol. The predicted octanol–water partition coefficient (Wildman–Crippen LogP) is 3.78. The zero-order valence-corrected chi connectivity index (χ0v) is 12.2. The highest BCUT2D eigenvalue weighted by Gasteiger charge is 2.15. The van der Waals surface area contributed by atoms with Gasteiger partial charge in [-0.2, -0.15) is 4.98 Å². The van der Waals surface area contributed by atoms with E-state index in [1.165, 1.54) is 12.8 Å². The Morgan fingerprint density at radius 2 is 1.80 bits per heavy atom. The van der Waals surface area contributed by atoms with Crippen LogP contribution in [-0.2, 0) is 0 Å². The SMILES string of the molecule is Cc1cc(Nc2ccc(Cl)cc2)nc(N2CCCC2)n1. The Kier molecular flexibility index (Phi) is 3.74. The third kappa shape index (κ3) is 3.02. The smallest absolute Gasteiger partial charge is 0.227 e. The van der Waals surface area contributed by atoms with Crippen molar-refractivity contribution in [1.82, 2.24) is 9.97 Å². The van der Waals surface area contributed by atoms with Gasteiger partial charge in [0.2, 0.25) is 5.95 Å². The van der Waals surface area contributed by atoms with Crippen molar-refractivity contribution in [2.24, 2.45) is 0 Å². The lowest BCUT2D eigenvalue weighted by Gasteiger charge is -2.17. The van der Waals surface area contributed by atoms with E-state index in [4.69, 9.17) is 11.6 Å². The number of halogens is 1. The van der Waals surface area contributed by atoms with E-state index in [2.05, 4.69) is 20.2 Å². The largest absolute Gasteiger partial charge is 0.341 e. The van der Waals surface area contributed by atoms with Gasteiger partial charge in [0.1, 0.15) is 5.82 Å². The second-order valence-corrected chi connectivity index (χ2v) is 5.46. The van der Waals surface area contributed by atoms with Gasteiger partial charge >= 0.3 is 0 Å². The van der Waals surface area contributed by atoms with Gasteiger partial charge in [0.05, 0.1) is 0 Å². The van der Waals surface area contributed by atoms with Crippen molar-refractivity contribution in [3.05, 3.63) is 41.0 Å². The molecule has 1 N–H and O–H groups in total. The van der Waals surface area contributed by atoms with Crippen LogP contribution in [0.2, 0.25) is 5.02 Å². The van der Waals surface area contributed by atoms with Gasteiger partial charge in [-0.3, -0.25) is 0 Å². The lowest BCUT2D eigenvalue weighted by molar-refractivity contribution is 0.891. The molecule has 0 amide bonds. The summed E-state index contributed by atoms with van der Waals surface area (Å²) in [5.41, 5.74) is 1.94. The van der Waals surface area contributed by atoms with Crippen LogP contribution in [0.5, 0.6) is 0 Å². The molecule has 1 fully saturated rings. The van der Waals surface area contributed by atoms with Crippen molar-refractivity contribution in [2.75, 3.05) is 23.3 Å². The molecule has 1 saturated heterocycles. The Morgan fingerprint density at radius 3 is 2.50 bits per heavy atom. The highest BCUT2D eigenvalue weighted by Crippen LogP contribution is 2.22. The van der Waals surface area contributed by atoms with Gasteiger partial charge in [-0.15, -0.1) is 0 Å². The molecule has 0 saturated carbocycles. The van der Waals surface area contributed by atoms with Crippen LogP contribution in [0.4, 0.5) is 17.5 Å². The maximum Gasteiger partial charge on any atom is 0.227 e. The van der Waals surface area contributed by atoms with Crippen LogP contribution in [0.1, 0.15) is 18.5 Å². The van der Waals surface area contributed by atoms with E-state index in [1.54, 1.807) is 0 Å². The molecule has 0 aliphatic carbocycles. The molecule has 3 rings (SSSR count). The molecular weight excluding hydrogens is 272 g/mol. The first kappa shape index (κ1) is 13.2. The number of hydrogen-bond acceptors (Lipinski definition) is 4. The average Bonchev–Trinajstić information content (AvgIpc) is 2.95. The van der Waals surface area contributed by atoms with Crippen LogP contribution in [0, 0.1) is 6.92 Å². The van der Waals surface area contributed by atoms with Crippen molar-refractivity contribution in [2.45, 2.75) is 19.8 Å². The van der Waals surface area contributed by atoms with Gasteiger partial charge in [0.25, 0.3) is 0 Å². The second kappa shape index (κ2) is 5.67. The van der Waals surface area contributed by atoms with Gasteiger partial charge < -0.3 is 10.2 Å². The Labute approximate surface area is 123 Å². The molecule has 1 aromatic carbocycles. The summed E-state index contributed by atoms with van der Waals surface area (Å²) in [5, 5.41) is 4.03. The molecule has 1 aromatic heterocycles. The molecular formula is C15H17ClN4. The summed E-state index contributed by atoms with van der Waals surface area (Å²) < 4.78 is 0. The van der Waals surface area contributed by atoms with E-state index in [0.717, 1.165) is 41.3 Å². The predicted molar refractivity (Wildman–Crippen MR) is 83.0 cm³/mol. The van der Waals surface area contributed by atoms with E-state index in [9.17, 15) is 0 Å². The summed E-state index contributed by atoms with van der Waals surface area (Å²) in [6.45, 7) is 4.09. The van der Waals surface area contributed by atoms with Crippen LogP contribution in [0.25, 0.3) is 0 Å². The molecule has 2 heterocycles. The van der Waals surface area contributed by atoms with Crippen LogP contribution in [-0.4, -0.2) is 23.1 Å². The van der Waals surface area contributed by atoms with E-state index < -0.39 is 0 Å². The van der Waals surface area contributed by atoms with Gasteiger partial charge in [0, 0.05) is 35.6 Å². The zero-order valence-electron chi connectivity index (χ0n) is 11.4.